The maximum absolute atomic E-state index is 10.6. The fourth-order valence-electron chi connectivity index (χ4n) is 2.78. The van der Waals surface area contributed by atoms with Crippen LogP contribution >= 0.6 is 0 Å². The third-order valence-electron chi connectivity index (χ3n) is 4.37. The summed E-state index contributed by atoms with van der Waals surface area (Å²) in [5.74, 6) is -1.56. The third kappa shape index (κ3) is 4.65. The van der Waals surface area contributed by atoms with E-state index in [1.807, 2.05) is 30.5 Å². The van der Waals surface area contributed by atoms with Gasteiger partial charge in [-0.1, -0.05) is 23.4 Å². The number of hydrogen-bond donors (Lipinski definition) is 2. The summed E-state index contributed by atoms with van der Waals surface area (Å²) in [7, 11) is 0. The molecule has 0 aliphatic heterocycles. The first kappa shape index (κ1) is 21.0. The van der Waals surface area contributed by atoms with Gasteiger partial charge in [-0.15, -0.1) is 0 Å². The molecule has 1 aromatic carbocycles. The van der Waals surface area contributed by atoms with E-state index in [0.29, 0.717) is 18.1 Å². The minimum absolute atomic E-state index is 0.538. The van der Waals surface area contributed by atoms with Crippen molar-refractivity contribution in [1.82, 2.24) is 20.1 Å². The van der Waals surface area contributed by atoms with E-state index in [4.69, 9.17) is 14.4 Å². The lowest BCUT2D eigenvalue weighted by Crippen LogP contribution is -2.21. The van der Waals surface area contributed by atoms with Crippen molar-refractivity contribution in [3.63, 3.8) is 0 Å². The molecule has 4 rings (SSSR count). The summed E-state index contributed by atoms with van der Waals surface area (Å²) in [6.45, 7) is 4.18. The van der Waals surface area contributed by atoms with Crippen LogP contribution in [0.3, 0.4) is 0 Å². The monoisotopic (exact) mass is 418 g/mol. The number of halogens is 3. The van der Waals surface area contributed by atoms with Gasteiger partial charge in [0.2, 0.25) is 0 Å². The second-order valence-electron chi connectivity index (χ2n) is 6.46. The standard InChI is InChI=1S/C18H16N4O.C2HF3O2/c1-11-12(2)20-17-14(11)6-3-7-15(17)18-21-16(22-23-18)9-13-5-4-8-19-10-13;3-2(4,5)1(6)7/h3-8,10,20H,9H2,1-2H3;(H,6,7). The average Bonchev–Trinajstić information content (AvgIpc) is 3.27. The number of alkyl halides is 3. The second-order valence-corrected chi connectivity index (χ2v) is 6.46. The number of aryl methyl sites for hydroxylation is 2. The van der Waals surface area contributed by atoms with Crippen LogP contribution in [0.25, 0.3) is 22.4 Å². The first-order chi connectivity index (χ1) is 14.2. The lowest BCUT2D eigenvalue weighted by Gasteiger charge is -1.97. The Bertz CT molecular complexity index is 1170. The molecule has 7 nitrogen and oxygen atoms in total. The first-order valence-corrected chi connectivity index (χ1v) is 8.76. The van der Waals surface area contributed by atoms with E-state index >= 15 is 0 Å². The summed E-state index contributed by atoms with van der Waals surface area (Å²) in [6.07, 6.45) is -0.910. The summed E-state index contributed by atoms with van der Waals surface area (Å²) < 4.78 is 37.2. The van der Waals surface area contributed by atoms with Gasteiger partial charge in [-0.05, 0) is 37.1 Å². The molecule has 0 radical (unpaired) electrons. The predicted molar refractivity (Wildman–Crippen MR) is 102 cm³/mol. The number of aliphatic carboxylic acids is 1. The van der Waals surface area contributed by atoms with E-state index in [2.05, 4.69) is 40.0 Å². The Hall–Kier alpha value is -3.69. The van der Waals surface area contributed by atoms with Crippen molar-refractivity contribution >= 4 is 16.9 Å². The van der Waals surface area contributed by atoms with Crippen LogP contribution < -0.4 is 0 Å². The highest BCUT2D eigenvalue weighted by molar-refractivity contribution is 5.94. The van der Waals surface area contributed by atoms with Crippen molar-refractivity contribution in [2.75, 3.05) is 0 Å². The van der Waals surface area contributed by atoms with Gasteiger partial charge in [0.25, 0.3) is 5.89 Å². The van der Waals surface area contributed by atoms with Crippen LogP contribution in [0, 0.1) is 13.8 Å². The molecule has 30 heavy (non-hydrogen) atoms. The molecule has 0 fully saturated rings. The number of carboxylic acids is 1. The Kier molecular flexibility index (Phi) is 5.86. The van der Waals surface area contributed by atoms with E-state index in [0.717, 1.165) is 22.3 Å². The van der Waals surface area contributed by atoms with Crippen molar-refractivity contribution < 1.29 is 27.6 Å². The van der Waals surface area contributed by atoms with Crippen LogP contribution in [0.1, 0.15) is 22.6 Å². The number of nitrogens with one attached hydrogen (secondary N) is 1. The maximum Gasteiger partial charge on any atom is 0.490 e. The van der Waals surface area contributed by atoms with E-state index in [1.165, 1.54) is 10.9 Å². The molecular formula is C20H17F3N4O3. The van der Waals surface area contributed by atoms with Crippen LogP contribution in [-0.4, -0.2) is 37.4 Å². The highest BCUT2D eigenvalue weighted by Crippen LogP contribution is 2.30. The number of H-pyrrole nitrogens is 1. The normalized spacial score (nSPS) is 11.2. The van der Waals surface area contributed by atoms with Gasteiger partial charge in [0.05, 0.1) is 11.1 Å². The number of carbonyl (C=O) groups is 1. The Labute approximate surface area is 168 Å². The minimum atomic E-state index is -5.08. The summed E-state index contributed by atoms with van der Waals surface area (Å²) >= 11 is 0. The van der Waals surface area contributed by atoms with Gasteiger partial charge >= 0.3 is 12.1 Å². The number of carboxylic acid groups (broad SMARTS) is 1. The third-order valence-corrected chi connectivity index (χ3v) is 4.37. The molecular weight excluding hydrogens is 401 g/mol. The molecule has 2 N–H and O–H groups in total. The Balaban J connectivity index is 0.000000318. The lowest BCUT2D eigenvalue weighted by molar-refractivity contribution is -0.192. The molecule has 0 saturated carbocycles. The number of aromatic amines is 1. The van der Waals surface area contributed by atoms with Crippen molar-refractivity contribution in [3.05, 3.63) is 65.4 Å². The van der Waals surface area contributed by atoms with Crippen LogP contribution in [-0.2, 0) is 11.2 Å². The van der Waals surface area contributed by atoms with E-state index < -0.39 is 12.1 Å². The SMILES string of the molecule is Cc1[nH]c2c(-c3nc(Cc4cccnc4)no3)cccc2c1C.O=C(O)C(F)(F)F. The molecule has 0 amide bonds. The largest absolute Gasteiger partial charge is 0.490 e. The van der Waals surface area contributed by atoms with Crippen LogP contribution in [0.5, 0.6) is 0 Å². The number of fused-ring (bicyclic) bond motifs is 1. The minimum Gasteiger partial charge on any atom is -0.475 e. The molecule has 4 aromatic rings. The summed E-state index contributed by atoms with van der Waals surface area (Å²) in [5.41, 5.74) is 5.44. The zero-order chi connectivity index (χ0) is 21.9. The number of benzene rings is 1. The number of nitrogens with zero attached hydrogens (tertiary/aromatic N) is 3. The maximum atomic E-state index is 10.6. The van der Waals surface area contributed by atoms with E-state index in [9.17, 15) is 13.2 Å². The van der Waals surface area contributed by atoms with Gasteiger partial charge < -0.3 is 14.6 Å². The molecule has 3 heterocycles. The molecule has 156 valence electrons. The lowest BCUT2D eigenvalue weighted by atomic mass is 10.1. The Morgan fingerprint density at radius 2 is 1.93 bits per heavy atom. The van der Waals surface area contributed by atoms with Crippen molar-refractivity contribution in [2.45, 2.75) is 26.4 Å². The van der Waals surface area contributed by atoms with Gasteiger partial charge in [-0.3, -0.25) is 4.98 Å². The molecule has 0 aliphatic carbocycles. The summed E-state index contributed by atoms with van der Waals surface area (Å²) in [4.78, 5) is 21.0. The van der Waals surface area contributed by atoms with Crippen molar-refractivity contribution in [3.8, 4) is 11.5 Å². The topological polar surface area (TPSA) is 105 Å². The molecule has 0 bridgehead atoms. The fourth-order valence-corrected chi connectivity index (χ4v) is 2.78. The number of hydrogen-bond acceptors (Lipinski definition) is 5. The fraction of sp³-hybridized carbons (Fsp3) is 0.200. The molecule has 10 heteroatoms. The molecule has 0 spiro atoms. The smallest absolute Gasteiger partial charge is 0.475 e. The second kappa shape index (κ2) is 8.36. The first-order valence-electron chi connectivity index (χ1n) is 8.76. The zero-order valence-electron chi connectivity index (χ0n) is 16.0. The van der Waals surface area contributed by atoms with Crippen molar-refractivity contribution in [2.24, 2.45) is 0 Å². The van der Waals surface area contributed by atoms with Crippen LogP contribution in [0.4, 0.5) is 13.2 Å². The van der Waals surface area contributed by atoms with E-state index in [-0.39, 0.29) is 0 Å². The van der Waals surface area contributed by atoms with Gasteiger partial charge in [-0.2, -0.15) is 18.2 Å². The molecule has 0 atom stereocenters. The average molecular weight is 418 g/mol. The van der Waals surface area contributed by atoms with Gasteiger partial charge in [0.1, 0.15) is 0 Å². The van der Waals surface area contributed by atoms with Crippen molar-refractivity contribution in [1.29, 1.82) is 0 Å². The Morgan fingerprint density at radius 3 is 2.57 bits per heavy atom. The highest BCUT2D eigenvalue weighted by atomic mass is 19.4. The predicted octanol–water partition coefficient (Wildman–Crippen LogP) is 4.45. The number of rotatable bonds is 3. The van der Waals surface area contributed by atoms with Crippen LogP contribution in [0.15, 0.2) is 47.2 Å². The van der Waals surface area contributed by atoms with Gasteiger partial charge in [0, 0.05) is 29.9 Å². The molecule has 0 aliphatic rings. The number of para-hydroxylation sites is 1. The summed E-state index contributed by atoms with van der Waals surface area (Å²) in [6, 6.07) is 10.0. The molecule has 3 aromatic heterocycles. The number of pyridine rings is 1. The quantitative estimate of drug-likeness (QED) is 0.509. The number of aromatic nitrogens is 4. The molecule has 0 unspecified atom stereocenters. The van der Waals surface area contributed by atoms with Gasteiger partial charge in [-0.25, -0.2) is 4.79 Å². The molecule has 0 saturated heterocycles. The summed E-state index contributed by atoms with van der Waals surface area (Å²) in [5, 5.41) is 12.4. The zero-order valence-corrected chi connectivity index (χ0v) is 16.0. The van der Waals surface area contributed by atoms with E-state index in [1.54, 1.807) is 6.20 Å². The Morgan fingerprint density at radius 1 is 1.20 bits per heavy atom. The highest BCUT2D eigenvalue weighted by Gasteiger charge is 2.38. The van der Waals surface area contributed by atoms with Gasteiger partial charge in [0.15, 0.2) is 5.82 Å². The van der Waals surface area contributed by atoms with Crippen LogP contribution in [0.2, 0.25) is 0 Å².